The van der Waals surface area contributed by atoms with Gasteiger partial charge in [0.2, 0.25) is 0 Å². The highest BCUT2D eigenvalue weighted by Crippen LogP contribution is 2.01. The van der Waals surface area contributed by atoms with E-state index in [-0.39, 0.29) is 12.4 Å². The first-order valence-electron chi connectivity index (χ1n) is 4.98. The van der Waals surface area contributed by atoms with Crippen LogP contribution in [0.5, 0.6) is 0 Å². The number of nitrogens with zero attached hydrogens (tertiary/aromatic N) is 1. The van der Waals surface area contributed by atoms with Crippen LogP contribution in [0, 0.1) is 0 Å². The van der Waals surface area contributed by atoms with E-state index in [0.717, 1.165) is 5.56 Å². The van der Waals surface area contributed by atoms with Crippen LogP contribution in [-0.2, 0) is 21.0 Å². The third kappa shape index (κ3) is 4.59. The molecule has 0 radical (unpaired) electrons. The Balaban J connectivity index is 2.34. The molecule has 0 amide bonds. The Bertz CT molecular complexity index is 360. The maximum atomic E-state index is 10.9. The van der Waals surface area contributed by atoms with Crippen molar-refractivity contribution in [2.75, 3.05) is 7.11 Å². The molecule has 16 heavy (non-hydrogen) atoms. The fraction of sp³-hybridized carbons (Fsp3) is 0.333. The Labute approximate surface area is 94.9 Å². The zero-order valence-corrected chi connectivity index (χ0v) is 9.47. The lowest BCUT2D eigenvalue weighted by Gasteiger charge is -2.01. The molecule has 4 nitrogen and oxygen atoms in total. The molecule has 86 valence electrons. The first-order valence-corrected chi connectivity index (χ1v) is 4.98. The monoisotopic (exact) mass is 221 g/mol. The number of methoxy groups -OCH3 is 1. The minimum absolute atomic E-state index is 0.158. The van der Waals surface area contributed by atoms with E-state index >= 15 is 0 Å². The summed E-state index contributed by atoms with van der Waals surface area (Å²) in [7, 11) is 1.35. The van der Waals surface area contributed by atoms with Crippen molar-refractivity contribution < 1.29 is 14.4 Å². The van der Waals surface area contributed by atoms with Gasteiger partial charge >= 0.3 is 5.97 Å². The van der Waals surface area contributed by atoms with Gasteiger partial charge in [-0.3, -0.25) is 4.79 Å². The topological polar surface area (TPSA) is 47.9 Å². The summed E-state index contributed by atoms with van der Waals surface area (Å²) in [6, 6.07) is 9.71. The normalized spacial score (nSPS) is 11.0. The summed E-state index contributed by atoms with van der Waals surface area (Å²) < 4.78 is 4.51. The number of hydrogen-bond donors (Lipinski definition) is 0. The molecule has 0 unspecified atom stereocenters. The van der Waals surface area contributed by atoms with Crippen LogP contribution in [0.4, 0.5) is 0 Å². The molecule has 0 spiro atoms. The number of rotatable bonds is 5. The van der Waals surface area contributed by atoms with Crippen LogP contribution in [0.2, 0.25) is 0 Å². The lowest BCUT2D eigenvalue weighted by molar-refractivity contribution is -0.139. The number of carbonyl (C=O) groups is 1. The second kappa shape index (κ2) is 6.61. The quantitative estimate of drug-likeness (QED) is 0.435. The van der Waals surface area contributed by atoms with Crippen LogP contribution in [0.3, 0.4) is 0 Å². The Kier molecular flexibility index (Phi) is 5.05. The number of oxime groups is 1. The molecular weight excluding hydrogens is 206 g/mol. The summed E-state index contributed by atoms with van der Waals surface area (Å²) in [6.07, 6.45) is 0.158. The van der Waals surface area contributed by atoms with Crippen molar-refractivity contribution in [2.45, 2.75) is 20.0 Å². The minimum Gasteiger partial charge on any atom is -0.469 e. The second-order valence-corrected chi connectivity index (χ2v) is 3.34. The van der Waals surface area contributed by atoms with Gasteiger partial charge in [-0.25, -0.2) is 0 Å². The van der Waals surface area contributed by atoms with Gasteiger partial charge in [-0.2, -0.15) is 0 Å². The molecule has 0 aliphatic rings. The lowest BCUT2D eigenvalue weighted by atomic mass is 10.2. The van der Waals surface area contributed by atoms with Gasteiger partial charge in [0.1, 0.15) is 6.61 Å². The van der Waals surface area contributed by atoms with Crippen molar-refractivity contribution in [2.24, 2.45) is 5.16 Å². The van der Waals surface area contributed by atoms with Crippen molar-refractivity contribution >= 4 is 11.7 Å². The van der Waals surface area contributed by atoms with Crippen LogP contribution in [0.25, 0.3) is 0 Å². The molecule has 0 N–H and O–H groups in total. The van der Waals surface area contributed by atoms with E-state index in [1.165, 1.54) is 7.11 Å². The molecule has 1 aromatic carbocycles. The van der Waals surface area contributed by atoms with Gasteiger partial charge in [-0.15, -0.1) is 0 Å². The average molecular weight is 221 g/mol. The molecule has 0 fully saturated rings. The van der Waals surface area contributed by atoms with Gasteiger partial charge in [0, 0.05) is 0 Å². The molecule has 0 atom stereocenters. The van der Waals surface area contributed by atoms with Gasteiger partial charge in [0.05, 0.1) is 19.2 Å². The van der Waals surface area contributed by atoms with Crippen LogP contribution >= 0.6 is 0 Å². The second-order valence-electron chi connectivity index (χ2n) is 3.34. The molecular formula is C12H15NO3. The smallest absolute Gasteiger partial charge is 0.311 e. The van der Waals surface area contributed by atoms with Gasteiger partial charge in [0.15, 0.2) is 0 Å². The summed E-state index contributed by atoms with van der Waals surface area (Å²) in [5, 5.41) is 3.82. The van der Waals surface area contributed by atoms with Crippen molar-refractivity contribution in [1.82, 2.24) is 0 Å². The lowest BCUT2D eigenvalue weighted by Crippen LogP contribution is -2.06. The van der Waals surface area contributed by atoms with Gasteiger partial charge in [-0.05, 0) is 12.5 Å². The Morgan fingerprint density at radius 3 is 2.62 bits per heavy atom. The fourth-order valence-corrected chi connectivity index (χ4v) is 1.10. The third-order valence-electron chi connectivity index (χ3n) is 1.92. The summed E-state index contributed by atoms with van der Waals surface area (Å²) in [4.78, 5) is 16.0. The van der Waals surface area contributed by atoms with E-state index in [0.29, 0.717) is 12.3 Å². The molecule has 0 aliphatic heterocycles. The number of esters is 1. The maximum Gasteiger partial charge on any atom is 0.311 e. The highest BCUT2D eigenvalue weighted by molar-refractivity contribution is 5.97. The Hall–Kier alpha value is -1.84. The molecule has 4 heteroatoms. The molecule has 0 saturated heterocycles. The first-order chi connectivity index (χ1) is 7.72. The predicted octanol–water partition coefficient (Wildman–Crippen LogP) is 2.14. The van der Waals surface area contributed by atoms with Gasteiger partial charge < -0.3 is 9.57 Å². The summed E-state index contributed by atoms with van der Waals surface area (Å²) in [6.45, 7) is 2.13. The molecule has 0 bridgehead atoms. The van der Waals surface area contributed by atoms with E-state index in [1.807, 2.05) is 30.3 Å². The maximum absolute atomic E-state index is 10.9. The molecule has 0 aromatic heterocycles. The van der Waals surface area contributed by atoms with Gasteiger partial charge in [0.25, 0.3) is 0 Å². The standard InChI is InChI=1S/C12H15NO3/c1-10(8-12(14)15-2)13-16-9-11-6-4-3-5-7-11/h3-7H,8-9H2,1-2H3/b13-10+. The van der Waals surface area contributed by atoms with Crippen molar-refractivity contribution in [3.63, 3.8) is 0 Å². The highest BCUT2D eigenvalue weighted by Gasteiger charge is 2.02. The fourth-order valence-electron chi connectivity index (χ4n) is 1.10. The Morgan fingerprint density at radius 2 is 2.00 bits per heavy atom. The average Bonchev–Trinajstić information content (AvgIpc) is 2.30. The zero-order chi connectivity index (χ0) is 11.8. The van der Waals surface area contributed by atoms with Crippen LogP contribution < -0.4 is 0 Å². The summed E-state index contributed by atoms with van der Waals surface area (Å²) in [5.74, 6) is -0.315. The van der Waals surface area contributed by atoms with Crippen LogP contribution in [0.1, 0.15) is 18.9 Å². The Morgan fingerprint density at radius 1 is 1.31 bits per heavy atom. The van der Waals surface area contributed by atoms with E-state index in [1.54, 1.807) is 6.92 Å². The van der Waals surface area contributed by atoms with E-state index in [4.69, 9.17) is 4.84 Å². The number of hydrogen-bond acceptors (Lipinski definition) is 4. The molecule has 0 heterocycles. The van der Waals surface area contributed by atoms with E-state index < -0.39 is 0 Å². The highest BCUT2D eigenvalue weighted by atomic mass is 16.6. The molecule has 1 rings (SSSR count). The molecule has 0 aliphatic carbocycles. The van der Waals surface area contributed by atoms with Crippen LogP contribution in [-0.4, -0.2) is 18.8 Å². The van der Waals surface area contributed by atoms with E-state index in [9.17, 15) is 4.79 Å². The molecule has 0 saturated carbocycles. The van der Waals surface area contributed by atoms with Crippen molar-refractivity contribution in [3.05, 3.63) is 35.9 Å². The minimum atomic E-state index is -0.315. The summed E-state index contributed by atoms with van der Waals surface area (Å²) >= 11 is 0. The third-order valence-corrected chi connectivity index (χ3v) is 1.92. The largest absolute Gasteiger partial charge is 0.469 e. The number of ether oxygens (including phenoxy) is 1. The SMILES string of the molecule is COC(=O)C/C(C)=N/OCc1ccccc1. The number of benzene rings is 1. The van der Waals surface area contributed by atoms with Gasteiger partial charge in [-0.1, -0.05) is 35.5 Å². The number of carbonyl (C=O) groups excluding carboxylic acids is 1. The zero-order valence-electron chi connectivity index (χ0n) is 9.47. The van der Waals surface area contributed by atoms with Crippen molar-refractivity contribution in [1.29, 1.82) is 0 Å². The first kappa shape index (κ1) is 12.2. The van der Waals surface area contributed by atoms with E-state index in [2.05, 4.69) is 9.89 Å². The molecule has 1 aromatic rings. The van der Waals surface area contributed by atoms with Crippen molar-refractivity contribution in [3.8, 4) is 0 Å². The van der Waals surface area contributed by atoms with Crippen LogP contribution in [0.15, 0.2) is 35.5 Å². The predicted molar refractivity (Wildman–Crippen MR) is 61.0 cm³/mol. The summed E-state index contributed by atoms with van der Waals surface area (Å²) in [5.41, 5.74) is 1.64.